The Kier molecular flexibility index (Phi) is 9.02. The molecule has 2 aromatic carbocycles. The first-order valence-electron chi connectivity index (χ1n) is 14.3. The molecule has 39 heavy (non-hydrogen) atoms. The summed E-state index contributed by atoms with van der Waals surface area (Å²) in [6.07, 6.45) is 0.459. The molecule has 0 spiro atoms. The predicted molar refractivity (Wildman–Crippen MR) is 153 cm³/mol. The van der Waals surface area contributed by atoms with Crippen LogP contribution in [0.1, 0.15) is 71.0 Å². The van der Waals surface area contributed by atoms with Crippen molar-refractivity contribution in [3.8, 4) is 0 Å². The zero-order valence-corrected chi connectivity index (χ0v) is 24.2. The summed E-state index contributed by atoms with van der Waals surface area (Å²) in [6, 6.07) is 21.3. The molecule has 1 N–H and O–H groups in total. The predicted octanol–water partition coefficient (Wildman–Crippen LogP) is 5.10. The van der Waals surface area contributed by atoms with Crippen LogP contribution < -0.4 is 0 Å². The molecule has 2 aliphatic rings. The Morgan fingerprint density at radius 3 is 1.95 bits per heavy atom. The highest BCUT2D eigenvalue weighted by atomic mass is 16.6. The van der Waals surface area contributed by atoms with Crippen LogP contribution in [0, 0.1) is 5.92 Å². The molecule has 0 aromatic heterocycles. The Morgan fingerprint density at radius 2 is 1.46 bits per heavy atom. The molecule has 0 saturated carbocycles. The number of hydrogen-bond donors (Lipinski definition) is 1. The molecule has 7 heteroatoms. The van der Waals surface area contributed by atoms with E-state index in [-0.39, 0.29) is 36.4 Å². The summed E-state index contributed by atoms with van der Waals surface area (Å²) in [6.45, 7) is 12.8. The van der Waals surface area contributed by atoms with E-state index in [1.165, 1.54) is 11.1 Å². The summed E-state index contributed by atoms with van der Waals surface area (Å²) in [7, 11) is 0. The van der Waals surface area contributed by atoms with Crippen molar-refractivity contribution in [2.24, 2.45) is 5.92 Å². The molecule has 2 fully saturated rings. The van der Waals surface area contributed by atoms with Crippen molar-refractivity contribution in [3.05, 3.63) is 71.8 Å². The van der Waals surface area contributed by atoms with Gasteiger partial charge in [-0.25, -0.2) is 4.79 Å². The topological polar surface area (TPSA) is 73.3 Å². The van der Waals surface area contributed by atoms with Crippen molar-refractivity contribution < 1.29 is 19.4 Å². The van der Waals surface area contributed by atoms with E-state index in [1.54, 1.807) is 4.90 Å². The van der Waals surface area contributed by atoms with Crippen LogP contribution in [0.25, 0.3) is 0 Å². The fourth-order valence-electron chi connectivity index (χ4n) is 5.82. The minimum Gasteiger partial charge on any atom is -0.444 e. The number of aliphatic hydroxyl groups is 1. The second-order valence-electron chi connectivity index (χ2n) is 12.5. The number of piperazine rings is 1. The first kappa shape index (κ1) is 29.1. The van der Waals surface area contributed by atoms with E-state index < -0.39 is 11.2 Å². The SMILES string of the molecule is CC(C)[C@H]1CN(C(c2ccccc2)c2ccccc2)CCN1C(=O)CC1(O)CCN(C(=O)OC(C)(C)C)CC1. The zero-order chi connectivity index (χ0) is 28.2. The molecular formula is C32H45N3O4. The second kappa shape index (κ2) is 12.1. The highest BCUT2D eigenvalue weighted by Gasteiger charge is 2.41. The maximum absolute atomic E-state index is 13.6. The van der Waals surface area contributed by atoms with E-state index >= 15 is 0 Å². The Labute approximate surface area is 233 Å². The lowest BCUT2D eigenvalue weighted by atomic mass is 9.86. The van der Waals surface area contributed by atoms with Gasteiger partial charge in [0.2, 0.25) is 5.91 Å². The van der Waals surface area contributed by atoms with E-state index in [0.717, 1.165) is 13.1 Å². The number of nitrogens with zero attached hydrogens (tertiary/aromatic N) is 3. The maximum Gasteiger partial charge on any atom is 0.410 e. The first-order chi connectivity index (χ1) is 18.5. The lowest BCUT2D eigenvalue weighted by Gasteiger charge is -2.47. The molecule has 2 aliphatic heterocycles. The zero-order valence-electron chi connectivity index (χ0n) is 24.2. The molecule has 0 radical (unpaired) electrons. The normalized spacial score (nSPS) is 20.4. The Hall–Kier alpha value is -2.90. The average Bonchev–Trinajstić information content (AvgIpc) is 2.89. The average molecular weight is 536 g/mol. The summed E-state index contributed by atoms with van der Waals surface area (Å²) in [5.41, 5.74) is 0.828. The van der Waals surface area contributed by atoms with Crippen LogP contribution in [0.2, 0.25) is 0 Å². The van der Waals surface area contributed by atoms with Crippen LogP contribution in [0.15, 0.2) is 60.7 Å². The van der Waals surface area contributed by atoms with E-state index in [9.17, 15) is 14.7 Å². The van der Waals surface area contributed by atoms with Gasteiger partial charge in [-0.1, -0.05) is 74.5 Å². The van der Waals surface area contributed by atoms with Gasteiger partial charge in [0.05, 0.1) is 18.1 Å². The number of benzene rings is 2. The molecule has 2 heterocycles. The molecule has 0 bridgehead atoms. The van der Waals surface area contributed by atoms with Gasteiger partial charge in [0, 0.05) is 38.8 Å². The molecule has 2 aromatic rings. The van der Waals surface area contributed by atoms with Crippen LogP contribution in [0.3, 0.4) is 0 Å². The largest absolute Gasteiger partial charge is 0.444 e. The highest BCUT2D eigenvalue weighted by Crippen LogP contribution is 2.33. The van der Waals surface area contributed by atoms with E-state index in [4.69, 9.17) is 4.74 Å². The standard InChI is InChI=1S/C32H45N3O4/c1-24(2)27-23-34(29(25-12-8-6-9-13-25)26-14-10-7-11-15-26)20-21-35(27)28(36)22-32(38)16-18-33(19-17-32)30(37)39-31(3,4)5/h6-15,24,27,29,38H,16-23H2,1-5H3/t27-/m1/s1. The summed E-state index contributed by atoms with van der Waals surface area (Å²) in [5.74, 6) is 0.269. The van der Waals surface area contributed by atoms with Crippen LogP contribution >= 0.6 is 0 Å². The summed E-state index contributed by atoms with van der Waals surface area (Å²) in [5, 5.41) is 11.3. The molecule has 2 amide bonds. The van der Waals surface area contributed by atoms with Crippen LogP contribution in [-0.4, -0.2) is 81.8 Å². The maximum atomic E-state index is 13.6. The van der Waals surface area contributed by atoms with Crippen LogP contribution in [-0.2, 0) is 9.53 Å². The van der Waals surface area contributed by atoms with Crippen LogP contribution in [0.5, 0.6) is 0 Å². The third-order valence-electron chi connectivity index (χ3n) is 7.96. The summed E-state index contributed by atoms with van der Waals surface area (Å²) in [4.78, 5) is 32.2. The smallest absolute Gasteiger partial charge is 0.410 e. The number of likely N-dealkylation sites (tertiary alicyclic amines) is 1. The van der Waals surface area contributed by atoms with E-state index in [0.29, 0.717) is 32.5 Å². The van der Waals surface area contributed by atoms with Gasteiger partial charge in [0.1, 0.15) is 5.60 Å². The van der Waals surface area contributed by atoms with Gasteiger partial charge >= 0.3 is 6.09 Å². The van der Waals surface area contributed by atoms with Gasteiger partial charge < -0.3 is 19.6 Å². The Morgan fingerprint density at radius 1 is 0.923 bits per heavy atom. The third-order valence-corrected chi connectivity index (χ3v) is 7.96. The van der Waals surface area contributed by atoms with E-state index in [2.05, 4.69) is 67.3 Å². The van der Waals surface area contributed by atoms with Gasteiger partial charge in [-0.2, -0.15) is 0 Å². The van der Waals surface area contributed by atoms with Gasteiger partial charge in [0.25, 0.3) is 0 Å². The minimum atomic E-state index is -1.11. The van der Waals surface area contributed by atoms with Gasteiger partial charge in [-0.05, 0) is 50.7 Å². The fourth-order valence-corrected chi connectivity index (χ4v) is 5.82. The number of amides is 2. The summed E-state index contributed by atoms with van der Waals surface area (Å²) < 4.78 is 5.48. The molecule has 7 nitrogen and oxygen atoms in total. The molecule has 212 valence electrons. The number of piperidine rings is 1. The van der Waals surface area contributed by atoms with Gasteiger partial charge in [-0.3, -0.25) is 9.69 Å². The lowest BCUT2D eigenvalue weighted by Crippen LogP contribution is -2.59. The number of rotatable bonds is 6. The second-order valence-corrected chi connectivity index (χ2v) is 12.5. The van der Waals surface area contributed by atoms with Crippen molar-refractivity contribution in [2.75, 3.05) is 32.7 Å². The first-order valence-corrected chi connectivity index (χ1v) is 14.3. The molecule has 1 atom stereocenters. The van der Waals surface area contributed by atoms with Crippen LogP contribution in [0.4, 0.5) is 4.79 Å². The number of ether oxygens (including phenoxy) is 1. The highest BCUT2D eigenvalue weighted by molar-refractivity contribution is 5.78. The summed E-state index contributed by atoms with van der Waals surface area (Å²) >= 11 is 0. The fraction of sp³-hybridized carbons (Fsp3) is 0.562. The quantitative estimate of drug-likeness (QED) is 0.557. The van der Waals surface area contributed by atoms with Crippen molar-refractivity contribution in [1.29, 1.82) is 0 Å². The van der Waals surface area contributed by atoms with Crippen molar-refractivity contribution >= 4 is 12.0 Å². The monoisotopic (exact) mass is 535 g/mol. The number of hydrogen-bond acceptors (Lipinski definition) is 5. The van der Waals surface area contributed by atoms with Crippen molar-refractivity contribution in [2.45, 2.75) is 77.2 Å². The molecular weight excluding hydrogens is 490 g/mol. The Bertz CT molecular complexity index is 1050. The minimum absolute atomic E-state index is 0.00228. The lowest BCUT2D eigenvalue weighted by molar-refractivity contribution is -0.145. The molecule has 0 aliphatic carbocycles. The number of carbonyl (C=O) groups excluding carboxylic acids is 2. The molecule has 4 rings (SSSR count). The number of carbonyl (C=O) groups is 2. The Balaban J connectivity index is 1.43. The molecule has 2 saturated heterocycles. The van der Waals surface area contributed by atoms with Gasteiger partial charge in [-0.15, -0.1) is 0 Å². The van der Waals surface area contributed by atoms with Gasteiger partial charge in [0.15, 0.2) is 0 Å². The molecule has 0 unspecified atom stereocenters. The third kappa shape index (κ3) is 7.40. The van der Waals surface area contributed by atoms with Crippen molar-refractivity contribution in [1.82, 2.24) is 14.7 Å². The van der Waals surface area contributed by atoms with Crippen molar-refractivity contribution in [3.63, 3.8) is 0 Å². The van der Waals surface area contributed by atoms with E-state index in [1.807, 2.05) is 37.8 Å².